The van der Waals surface area contributed by atoms with Gasteiger partial charge in [0.2, 0.25) is 0 Å². The molecule has 0 spiro atoms. The first-order chi connectivity index (χ1) is 32.6. The number of benzene rings is 4. The Labute approximate surface area is 394 Å². The molecule has 378 valence electrons. The van der Waals surface area contributed by atoms with Crippen molar-refractivity contribution in [3.8, 4) is 0 Å². The molecule has 2 fully saturated rings. The summed E-state index contributed by atoms with van der Waals surface area (Å²) in [6, 6.07) is 18.6. The van der Waals surface area contributed by atoms with Crippen LogP contribution in [-0.4, -0.2) is 125 Å². The molecule has 0 aromatic heterocycles. The first kappa shape index (κ1) is 54.4. The molecule has 4 aromatic rings. The van der Waals surface area contributed by atoms with E-state index in [1.165, 1.54) is 70.9 Å². The Morgan fingerprint density at radius 2 is 0.871 bits per heavy atom. The summed E-state index contributed by atoms with van der Waals surface area (Å²) in [5.41, 5.74) is 3.51. The predicted octanol–water partition coefficient (Wildman–Crippen LogP) is 6.13. The number of amides is 5. The molecule has 2 aliphatic rings. The molecule has 2 heterocycles. The summed E-state index contributed by atoms with van der Waals surface area (Å²) in [6.07, 6.45) is -14.7. The van der Waals surface area contributed by atoms with Gasteiger partial charge in [0, 0.05) is 37.3 Å². The first-order valence-corrected chi connectivity index (χ1v) is 24.4. The normalized spacial score (nSPS) is 15.7. The smallest absolute Gasteiger partial charge is 0.341 e. The molecule has 4 aromatic carbocycles. The molecule has 5 amide bonds. The third-order valence-corrected chi connectivity index (χ3v) is 14.0. The number of Topliss-reactive ketones (excluding diaryl/α,β-unsaturated/α-hetero) is 2. The number of carbonyl (C=O) groups is 5. The highest BCUT2D eigenvalue weighted by Gasteiger charge is 2.40. The zero-order valence-corrected chi connectivity index (χ0v) is 38.1. The molecule has 70 heavy (non-hydrogen) atoms. The lowest BCUT2D eigenvalue weighted by Crippen LogP contribution is -2.50. The molecule has 0 bridgehead atoms. The summed E-state index contributed by atoms with van der Waals surface area (Å²) in [5, 5.41) is 1.45. The number of anilines is 2. The van der Waals surface area contributed by atoms with E-state index in [0.717, 1.165) is 39.0 Å². The minimum atomic E-state index is -5.16. The van der Waals surface area contributed by atoms with Crippen LogP contribution in [-0.2, 0) is 49.9 Å². The van der Waals surface area contributed by atoms with Crippen molar-refractivity contribution < 1.29 is 80.3 Å². The number of para-hydroxylation sites is 2. The van der Waals surface area contributed by atoms with Gasteiger partial charge in [-0.3, -0.25) is 24.2 Å². The van der Waals surface area contributed by atoms with Crippen LogP contribution in [0.2, 0.25) is 0 Å². The Morgan fingerprint density at radius 3 is 1.20 bits per heavy atom. The second-order valence-electron chi connectivity index (χ2n) is 15.7. The van der Waals surface area contributed by atoms with E-state index in [2.05, 4.69) is 0 Å². The van der Waals surface area contributed by atoms with Gasteiger partial charge in [0.1, 0.15) is 0 Å². The summed E-state index contributed by atoms with van der Waals surface area (Å²) in [6.45, 7) is -2.32. The van der Waals surface area contributed by atoms with Gasteiger partial charge in [-0.25, -0.2) is 26.4 Å². The van der Waals surface area contributed by atoms with Crippen molar-refractivity contribution in [1.29, 1.82) is 0 Å². The predicted molar refractivity (Wildman–Crippen MR) is 236 cm³/mol. The number of nitrogens with one attached hydrogen (secondary N) is 1. The summed E-state index contributed by atoms with van der Waals surface area (Å²) >= 11 is 0. The van der Waals surface area contributed by atoms with Gasteiger partial charge in [0.25, 0.3) is 0 Å². The van der Waals surface area contributed by atoms with Crippen molar-refractivity contribution in [2.45, 2.75) is 31.6 Å². The quantitative estimate of drug-likeness (QED) is 0.130. The molecule has 2 saturated heterocycles. The maximum Gasteiger partial charge on any atom is 0.471 e. The largest absolute Gasteiger partial charge is 0.471 e. The van der Waals surface area contributed by atoms with Gasteiger partial charge in [0.05, 0.1) is 71.7 Å². The monoisotopic (exact) mass is 1030 g/mol. The number of rotatable bonds is 11. The fourth-order valence-electron chi connectivity index (χ4n) is 7.00. The van der Waals surface area contributed by atoms with Crippen LogP contribution in [0.1, 0.15) is 43.0 Å². The summed E-state index contributed by atoms with van der Waals surface area (Å²) in [7, 11) is -6.65. The fraction of sp³-hybridized carbons (Fsp3) is 0.341. The maximum absolute atomic E-state index is 13.7. The van der Waals surface area contributed by atoms with Crippen LogP contribution in [0.25, 0.3) is 0 Å². The van der Waals surface area contributed by atoms with E-state index in [9.17, 15) is 80.3 Å². The molecule has 2 aliphatic heterocycles. The minimum Gasteiger partial charge on any atom is -0.341 e. The summed E-state index contributed by atoms with van der Waals surface area (Å²) < 4.78 is 166. The Bertz CT molecular complexity index is 2760. The van der Waals surface area contributed by atoms with Crippen molar-refractivity contribution in [2.75, 3.05) is 72.1 Å². The Kier molecular flexibility index (Phi) is 17.1. The zero-order chi connectivity index (χ0) is 51.8. The van der Waals surface area contributed by atoms with Gasteiger partial charge in [-0.2, -0.15) is 39.5 Å². The molecule has 15 nitrogen and oxygen atoms in total. The molecule has 0 atom stereocenters. The Hall–Kier alpha value is -6.54. The zero-order valence-electron chi connectivity index (χ0n) is 36.5. The van der Waals surface area contributed by atoms with Crippen molar-refractivity contribution in [2.24, 2.45) is 5.73 Å². The number of hydrogen-bond acceptors (Lipinski definition) is 10. The SMILES string of the molecule is NCC(=O)c1ccc(CN(C(=O)N2CCS(=O)(=O)CC2)c2ccccc2C(F)(F)F)cc1.O=C(CNC(=O)C(F)(F)F)c1ccc(CN(C(=O)N2CCS(=O)(=O)CC2)c2ccccc2C(F)(F)F)cc1. The van der Waals surface area contributed by atoms with Crippen LogP contribution in [0, 0.1) is 0 Å². The van der Waals surface area contributed by atoms with E-state index in [0.29, 0.717) is 11.1 Å². The molecule has 3 N–H and O–H groups in total. The lowest BCUT2D eigenvalue weighted by molar-refractivity contribution is -0.173. The van der Waals surface area contributed by atoms with Crippen LogP contribution in [0.3, 0.4) is 0 Å². The van der Waals surface area contributed by atoms with Gasteiger partial charge in [0.15, 0.2) is 31.2 Å². The lowest BCUT2D eigenvalue weighted by atomic mass is 10.1. The highest BCUT2D eigenvalue weighted by Crippen LogP contribution is 2.39. The molecular formula is C44H43F9N6O9S2. The summed E-state index contributed by atoms with van der Waals surface area (Å²) in [5.74, 6) is -4.59. The number of nitrogens with zero attached hydrogens (tertiary/aromatic N) is 4. The molecular weight excluding hydrogens is 992 g/mol. The van der Waals surface area contributed by atoms with Crippen molar-refractivity contribution in [3.63, 3.8) is 0 Å². The molecule has 26 heteroatoms. The van der Waals surface area contributed by atoms with E-state index in [4.69, 9.17) is 5.73 Å². The minimum absolute atomic E-state index is 0.0778. The van der Waals surface area contributed by atoms with Gasteiger partial charge in [-0.05, 0) is 35.4 Å². The number of carbonyl (C=O) groups excluding carboxylic acids is 5. The second kappa shape index (κ2) is 22.0. The van der Waals surface area contributed by atoms with Gasteiger partial charge < -0.3 is 20.9 Å². The summed E-state index contributed by atoms with van der Waals surface area (Å²) in [4.78, 5) is 65.5. The topological polar surface area (TPSA) is 205 Å². The Morgan fingerprint density at radius 1 is 0.529 bits per heavy atom. The maximum atomic E-state index is 13.7. The number of urea groups is 2. The average molecular weight is 1030 g/mol. The van der Waals surface area contributed by atoms with Crippen LogP contribution in [0.5, 0.6) is 0 Å². The van der Waals surface area contributed by atoms with Crippen molar-refractivity contribution in [1.82, 2.24) is 15.1 Å². The van der Waals surface area contributed by atoms with Gasteiger partial charge in [-0.15, -0.1) is 0 Å². The molecule has 0 aliphatic carbocycles. The number of hydrogen-bond donors (Lipinski definition) is 2. The van der Waals surface area contributed by atoms with Crippen LogP contribution in [0.4, 0.5) is 60.5 Å². The standard InChI is InChI=1S/C23H21F6N3O5S.C21H22F3N3O4S/c24-22(25,26)17-3-1-2-4-18(17)32(21(35)31-9-11-38(36,37)12-10-31)14-15-5-7-16(8-6-15)19(33)13-30-20(34)23(27,28)29;22-21(23,24)17-3-1-2-4-18(17)27(20(29)26-9-11-32(30,31)12-10-26)14-15-5-7-16(8-6-15)19(28)13-25/h1-8H,9-14H2,(H,30,34);1-8H,9-14,25H2. The second-order valence-corrected chi connectivity index (χ2v) is 20.3. The highest BCUT2D eigenvalue weighted by atomic mass is 32.2. The molecule has 6 rings (SSSR count). The van der Waals surface area contributed by atoms with E-state index in [-0.39, 0.29) is 84.9 Å². The number of alkyl halides is 9. The fourth-order valence-corrected chi connectivity index (χ4v) is 9.40. The Balaban J connectivity index is 0.000000265. The van der Waals surface area contributed by atoms with Crippen molar-refractivity contribution >= 4 is 60.6 Å². The number of nitrogens with two attached hydrogens (primary N) is 1. The molecule has 0 unspecified atom stereocenters. The van der Waals surface area contributed by atoms with Gasteiger partial charge >= 0.3 is 36.5 Å². The van der Waals surface area contributed by atoms with Crippen molar-refractivity contribution in [3.05, 3.63) is 130 Å². The van der Waals surface area contributed by atoms with E-state index < -0.39 is 91.9 Å². The average Bonchev–Trinajstić information content (AvgIpc) is 3.30. The molecule has 0 radical (unpaired) electrons. The van der Waals surface area contributed by atoms with E-state index >= 15 is 0 Å². The van der Waals surface area contributed by atoms with E-state index in [1.54, 1.807) is 12.1 Å². The number of halogens is 9. The molecule has 0 saturated carbocycles. The third kappa shape index (κ3) is 14.5. The van der Waals surface area contributed by atoms with Crippen LogP contribution < -0.4 is 20.9 Å². The third-order valence-electron chi connectivity index (χ3n) is 10.8. The van der Waals surface area contributed by atoms with Crippen LogP contribution in [0.15, 0.2) is 97.1 Å². The van der Waals surface area contributed by atoms with E-state index in [1.807, 2.05) is 0 Å². The van der Waals surface area contributed by atoms with Crippen LogP contribution >= 0.6 is 0 Å². The lowest BCUT2D eigenvalue weighted by Gasteiger charge is -2.34. The number of sulfone groups is 2. The van der Waals surface area contributed by atoms with Gasteiger partial charge in [-0.1, -0.05) is 72.8 Å². The highest BCUT2D eigenvalue weighted by molar-refractivity contribution is 7.91. The number of ketones is 2. The first-order valence-electron chi connectivity index (χ1n) is 20.8.